The molecule has 0 spiro atoms. The highest BCUT2D eigenvalue weighted by Crippen LogP contribution is 2.29. The highest BCUT2D eigenvalue weighted by molar-refractivity contribution is 5.92. The lowest BCUT2D eigenvalue weighted by atomic mass is 9.88. The predicted molar refractivity (Wildman–Crippen MR) is 92.0 cm³/mol. The van der Waals surface area contributed by atoms with E-state index in [1.807, 2.05) is 11.0 Å². The summed E-state index contributed by atoms with van der Waals surface area (Å²) in [6.07, 6.45) is 7.81. The van der Waals surface area contributed by atoms with Crippen LogP contribution in [-0.4, -0.2) is 65.0 Å². The molecule has 2 saturated heterocycles. The van der Waals surface area contributed by atoms with E-state index < -0.39 is 0 Å². The first kappa shape index (κ1) is 16.5. The second kappa shape index (κ2) is 7.12. The number of pyridine rings is 1. The van der Waals surface area contributed by atoms with Gasteiger partial charge < -0.3 is 14.5 Å². The number of hydrogen-bond acceptors (Lipinski definition) is 4. The molecule has 6 heteroatoms. The minimum absolute atomic E-state index is 0.0177. The van der Waals surface area contributed by atoms with Crippen molar-refractivity contribution in [1.82, 2.24) is 14.8 Å². The Hall–Kier alpha value is -1.95. The zero-order valence-corrected chi connectivity index (χ0v) is 14.5. The molecule has 1 saturated carbocycles. The third kappa shape index (κ3) is 3.40. The number of likely N-dealkylation sites (tertiary alicyclic amines) is 1. The molecule has 3 fully saturated rings. The fraction of sp³-hybridized carbons (Fsp3) is 0.632. The first-order chi connectivity index (χ1) is 12.2. The van der Waals surface area contributed by atoms with Crippen LogP contribution < -0.4 is 0 Å². The Balaban J connectivity index is 1.46. The summed E-state index contributed by atoms with van der Waals surface area (Å²) in [6, 6.07) is 5.33. The number of morpholine rings is 1. The fourth-order valence-corrected chi connectivity index (χ4v) is 4.37. The quantitative estimate of drug-likeness (QED) is 0.838. The molecule has 3 heterocycles. The van der Waals surface area contributed by atoms with Gasteiger partial charge in [0.2, 0.25) is 5.91 Å². The largest absolute Gasteiger partial charge is 0.364 e. The van der Waals surface area contributed by atoms with Crippen molar-refractivity contribution in [2.45, 2.75) is 44.2 Å². The molecular weight excluding hydrogens is 318 g/mol. The van der Waals surface area contributed by atoms with E-state index in [4.69, 9.17) is 4.74 Å². The number of fused-ring (bicyclic) bond motifs is 1. The molecule has 2 aliphatic heterocycles. The van der Waals surface area contributed by atoms with Crippen LogP contribution in [0.15, 0.2) is 24.4 Å². The van der Waals surface area contributed by atoms with Crippen molar-refractivity contribution in [1.29, 1.82) is 0 Å². The van der Waals surface area contributed by atoms with Gasteiger partial charge >= 0.3 is 0 Å². The Bertz CT molecular complexity index is 630. The molecule has 4 rings (SSSR count). The summed E-state index contributed by atoms with van der Waals surface area (Å²) >= 11 is 0. The second-order valence-electron chi connectivity index (χ2n) is 7.39. The molecule has 6 nitrogen and oxygen atoms in total. The second-order valence-corrected chi connectivity index (χ2v) is 7.39. The third-order valence-electron chi connectivity index (χ3n) is 5.73. The van der Waals surface area contributed by atoms with E-state index >= 15 is 0 Å². The number of rotatable bonds is 3. The Morgan fingerprint density at radius 2 is 2.04 bits per heavy atom. The molecule has 0 unspecified atom stereocenters. The lowest BCUT2D eigenvalue weighted by molar-refractivity contribution is -0.154. The van der Waals surface area contributed by atoms with Crippen LogP contribution in [0.2, 0.25) is 0 Å². The molecule has 1 aromatic rings. The number of carbonyl (C=O) groups excluding carboxylic acids is 2. The monoisotopic (exact) mass is 343 g/mol. The summed E-state index contributed by atoms with van der Waals surface area (Å²) in [7, 11) is 0. The van der Waals surface area contributed by atoms with Crippen LogP contribution >= 0.6 is 0 Å². The number of hydrogen-bond donors (Lipinski definition) is 0. The first-order valence-electron chi connectivity index (χ1n) is 9.34. The van der Waals surface area contributed by atoms with Gasteiger partial charge in [-0.1, -0.05) is 25.3 Å². The molecule has 2 amide bonds. The summed E-state index contributed by atoms with van der Waals surface area (Å²) in [5.41, 5.74) is 0.450. The minimum Gasteiger partial charge on any atom is -0.364 e. The van der Waals surface area contributed by atoms with Gasteiger partial charge in [-0.15, -0.1) is 0 Å². The van der Waals surface area contributed by atoms with Gasteiger partial charge in [0.05, 0.1) is 12.1 Å². The average Bonchev–Trinajstić information content (AvgIpc) is 3.10. The van der Waals surface area contributed by atoms with Gasteiger partial charge in [-0.2, -0.15) is 0 Å². The number of carbonyl (C=O) groups is 2. The highest BCUT2D eigenvalue weighted by atomic mass is 16.5. The van der Waals surface area contributed by atoms with Crippen molar-refractivity contribution in [3.8, 4) is 0 Å². The highest BCUT2D eigenvalue weighted by Gasteiger charge is 2.45. The zero-order valence-electron chi connectivity index (χ0n) is 14.5. The van der Waals surface area contributed by atoms with Gasteiger partial charge in [-0.3, -0.25) is 14.6 Å². The predicted octanol–water partition coefficient (Wildman–Crippen LogP) is 1.71. The Morgan fingerprint density at radius 1 is 1.20 bits per heavy atom. The molecule has 0 radical (unpaired) electrons. The van der Waals surface area contributed by atoms with Gasteiger partial charge in [-0.25, -0.2) is 0 Å². The minimum atomic E-state index is -0.0799. The van der Waals surface area contributed by atoms with Crippen molar-refractivity contribution in [3.63, 3.8) is 0 Å². The maximum Gasteiger partial charge on any atom is 0.272 e. The van der Waals surface area contributed by atoms with Gasteiger partial charge in [0, 0.05) is 25.8 Å². The number of ether oxygens (including phenoxy) is 1. The normalized spacial score (nSPS) is 27.4. The number of nitrogens with zero attached hydrogens (tertiary/aromatic N) is 3. The maximum atomic E-state index is 12.7. The van der Waals surface area contributed by atoms with Crippen LogP contribution in [0.1, 0.15) is 42.6 Å². The molecule has 2 atom stereocenters. The third-order valence-corrected chi connectivity index (χ3v) is 5.73. The average molecular weight is 343 g/mol. The van der Waals surface area contributed by atoms with E-state index in [1.54, 1.807) is 23.2 Å². The van der Waals surface area contributed by atoms with E-state index in [1.165, 1.54) is 32.1 Å². The topological polar surface area (TPSA) is 62.7 Å². The Labute approximate surface area is 148 Å². The molecule has 1 aromatic heterocycles. The summed E-state index contributed by atoms with van der Waals surface area (Å²) in [6.45, 7) is 2.03. The molecule has 25 heavy (non-hydrogen) atoms. The van der Waals surface area contributed by atoms with Crippen molar-refractivity contribution >= 4 is 11.8 Å². The lowest BCUT2D eigenvalue weighted by Gasteiger charge is -2.39. The standard InChI is InChI=1S/C19H25N3O3/c23-18-13-25-17-12-21(19(24)15-8-4-5-9-20-15)11-16(17)22(18)10-14-6-2-1-3-7-14/h4-5,8-9,14,16-17H,1-3,6-7,10-13H2/t16-,17+/m1/s1. The van der Waals surface area contributed by atoms with Crippen LogP contribution in [-0.2, 0) is 9.53 Å². The van der Waals surface area contributed by atoms with Crippen LogP contribution in [0.4, 0.5) is 0 Å². The molecule has 1 aliphatic carbocycles. The lowest BCUT2D eigenvalue weighted by Crippen LogP contribution is -2.55. The van der Waals surface area contributed by atoms with Gasteiger partial charge in [0.15, 0.2) is 0 Å². The summed E-state index contributed by atoms with van der Waals surface area (Å²) < 4.78 is 5.74. The Kier molecular flexibility index (Phi) is 4.70. The van der Waals surface area contributed by atoms with E-state index in [0.29, 0.717) is 24.7 Å². The summed E-state index contributed by atoms with van der Waals surface area (Å²) in [4.78, 5) is 33.0. The van der Waals surface area contributed by atoms with Crippen molar-refractivity contribution < 1.29 is 14.3 Å². The van der Waals surface area contributed by atoms with Crippen LogP contribution in [0, 0.1) is 5.92 Å². The molecule has 134 valence electrons. The van der Waals surface area contributed by atoms with E-state index in [2.05, 4.69) is 4.98 Å². The van der Waals surface area contributed by atoms with Gasteiger partial charge in [0.1, 0.15) is 12.3 Å². The van der Waals surface area contributed by atoms with E-state index in [-0.39, 0.29) is 30.6 Å². The van der Waals surface area contributed by atoms with Crippen molar-refractivity contribution in [2.24, 2.45) is 5.92 Å². The van der Waals surface area contributed by atoms with Gasteiger partial charge in [-0.05, 0) is 30.9 Å². The molecule has 3 aliphatic rings. The Morgan fingerprint density at radius 3 is 2.80 bits per heavy atom. The summed E-state index contributed by atoms with van der Waals surface area (Å²) in [5, 5.41) is 0. The van der Waals surface area contributed by atoms with E-state index in [9.17, 15) is 9.59 Å². The molecular formula is C19H25N3O3. The molecule has 0 aromatic carbocycles. The fourth-order valence-electron chi connectivity index (χ4n) is 4.37. The molecule has 0 bridgehead atoms. The van der Waals surface area contributed by atoms with Crippen LogP contribution in [0.25, 0.3) is 0 Å². The first-order valence-corrected chi connectivity index (χ1v) is 9.34. The summed E-state index contributed by atoms with van der Waals surface area (Å²) in [5.74, 6) is 0.583. The van der Waals surface area contributed by atoms with Crippen molar-refractivity contribution in [2.75, 3.05) is 26.2 Å². The number of amides is 2. The van der Waals surface area contributed by atoms with Crippen LogP contribution in [0.5, 0.6) is 0 Å². The molecule has 0 N–H and O–H groups in total. The van der Waals surface area contributed by atoms with E-state index in [0.717, 1.165) is 6.54 Å². The van der Waals surface area contributed by atoms with Crippen LogP contribution in [0.3, 0.4) is 0 Å². The SMILES string of the molecule is O=C(c1ccccn1)N1C[C@@H]2OCC(=O)N(CC3CCCCC3)[C@@H]2C1. The maximum absolute atomic E-state index is 12.7. The van der Waals surface area contributed by atoms with Crippen molar-refractivity contribution in [3.05, 3.63) is 30.1 Å². The number of aromatic nitrogens is 1. The zero-order chi connectivity index (χ0) is 17.2. The van der Waals surface area contributed by atoms with Gasteiger partial charge in [0.25, 0.3) is 5.91 Å². The smallest absolute Gasteiger partial charge is 0.272 e.